The Morgan fingerprint density at radius 1 is 1.06 bits per heavy atom. The lowest BCUT2D eigenvalue weighted by Gasteiger charge is -2.40. The zero-order chi connectivity index (χ0) is 24.1. The second-order valence-electron chi connectivity index (χ2n) is 8.84. The van der Waals surface area contributed by atoms with Gasteiger partial charge in [-0.05, 0) is 43.0 Å². The zero-order valence-corrected chi connectivity index (χ0v) is 19.3. The van der Waals surface area contributed by atoms with Gasteiger partial charge in [0.1, 0.15) is 5.75 Å². The highest BCUT2D eigenvalue weighted by molar-refractivity contribution is 5.96. The lowest BCUT2D eigenvalue weighted by molar-refractivity contribution is -0.384. The molecule has 1 saturated heterocycles. The van der Waals surface area contributed by atoms with Crippen molar-refractivity contribution in [2.75, 3.05) is 38.6 Å². The number of nitro benzene ring substituents is 1. The van der Waals surface area contributed by atoms with Crippen molar-refractivity contribution in [1.29, 1.82) is 0 Å². The molecule has 1 heterocycles. The maximum absolute atomic E-state index is 13.4. The first-order chi connectivity index (χ1) is 16.5. The van der Waals surface area contributed by atoms with Crippen LogP contribution in [0.3, 0.4) is 0 Å². The molecule has 1 N–H and O–H groups in total. The molecule has 34 heavy (non-hydrogen) atoms. The molecule has 2 fully saturated rings. The molecule has 1 aliphatic carbocycles. The SMILES string of the molecule is COc1cccc(NC(=O)[C@@H](C2CCCC2)N2CCN(C(=O)c3ccc([N+](=O)[O-])cc3)CC2)c1. The number of nitrogens with one attached hydrogen (secondary N) is 1. The van der Waals surface area contributed by atoms with Crippen LogP contribution >= 0.6 is 0 Å². The van der Waals surface area contributed by atoms with Gasteiger partial charge in [0.2, 0.25) is 5.91 Å². The van der Waals surface area contributed by atoms with Crippen LogP contribution in [0.4, 0.5) is 11.4 Å². The summed E-state index contributed by atoms with van der Waals surface area (Å²) >= 11 is 0. The van der Waals surface area contributed by atoms with Gasteiger partial charge in [0, 0.05) is 55.6 Å². The van der Waals surface area contributed by atoms with Crippen molar-refractivity contribution < 1.29 is 19.2 Å². The molecule has 180 valence electrons. The van der Waals surface area contributed by atoms with E-state index in [4.69, 9.17) is 4.74 Å². The first-order valence-electron chi connectivity index (χ1n) is 11.7. The summed E-state index contributed by atoms with van der Waals surface area (Å²) in [7, 11) is 1.60. The molecule has 1 aliphatic heterocycles. The van der Waals surface area contributed by atoms with E-state index in [1.165, 1.54) is 24.3 Å². The molecule has 0 radical (unpaired) electrons. The summed E-state index contributed by atoms with van der Waals surface area (Å²) in [6.07, 6.45) is 4.31. The molecule has 0 spiro atoms. The lowest BCUT2D eigenvalue weighted by atomic mass is 9.94. The van der Waals surface area contributed by atoms with E-state index in [0.717, 1.165) is 25.7 Å². The highest BCUT2D eigenvalue weighted by Gasteiger charge is 2.37. The van der Waals surface area contributed by atoms with Gasteiger partial charge in [0.15, 0.2) is 0 Å². The van der Waals surface area contributed by atoms with Gasteiger partial charge < -0.3 is 15.0 Å². The molecular weight excluding hydrogens is 436 g/mol. The number of nitrogens with zero attached hydrogens (tertiary/aromatic N) is 3. The maximum atomic E-state index is 13.4. The normalized spacial score (nSPS) is 17.9. The van der Waals surface area contributed by atoms with E-state index in [2.05, 4.69) is 10.2 Å². The largest absolute Gasteiger partial charge is 0.497 e. The van der Waals surface area contributed by atoms with Crippen molar-refractivity contribution in [2.45, 2.75) is 31.7 Å². The van der Waals surface area contributed by atoms with E-state index in [1.807, 2.05) is 24.3 Å². The zero-order valence-electron chi connectivity index (χ0n) is 19.3. The summed E-state index contributed by atoms with van der Waals surface area (Å²) in [5.41, 5.74) is 1.10. The number of methoxy groups -OCH3 is 1. The monoisotopic (exact) mass is 466 g/mol. The van der Waals surface area contributed by atoms with Crippen molar-refractivity contribution in [2.24, 2.45) is 5.92 Å². The molecule has 1 atom stereocenters. The number of anilines is 1. The average Bonchev–Trinajstić information content (AvgIpc) is 3.38. The average molecular weight is 467 g/mol. The van der Waals surface area contributed by atoms with Gasteiger partial charge >= 0.3 is 0 Å². The van der Waals surface area contributed by atoms with Crippen LogP contribution in [0, 0.1) is 16.0 Å². The van der Waals surface area contributed by atoms with Crippen LogP contribution in [0.5, 0.6) is 5.75 Å². The number of nitro groups is 1. The van der Waals surface area contributed by atoms with E-state index >= 15 is 0 Å². The minimum Gasteiger partial charge on any atom is -0.497 e. The molecule has 2 aliphatic rings. The first-order valence-corrected chi connectivity index (χ1v) is 11.7. The van der Waals surface area contributed by atoms with Crippen LogP contribution in [-0.2, 0) is 4.79 Å². The number of hydrogen-bond donors (Lipinski definition) is 1. The van der Waals surface area contributed by atoms with Crippen LogP contribution in [-0.4, -0.2) is 65.9 Å². The predicted molar refractivity (Wildman–Crippen MR) is 128 cm³/mol. The Kier molecular flexibility index (Phi) is 7.42. The maximum Gasteiger partial charge on any atom is 0.269 e. The van der Waals surface area contributed by atoms with Crippen LogP contribution in [0.15, 0.2) is 48.5 Å². The topological polar surface area (TPSA) is 105 Å². The van der Waals surface area contributed by atoms with Gasteiger partial charge in [-0.3, -0.25) is 24.6 Å². The number of piperazine rings is 1. The summed E-state index contributed by atoms with van der Waals surface area (Å²) in [5, 5.41) is 13.9. The molecule has 2 aromatic carbocycles. The van der Waals surface area contributed by atoms with Crippen LogP contribution < -0.4 is 10.1 Å². The summed E-state index contributed by atoms with van der Waals surface area (Å²) in [6, 6.07) is 12.8. The van der Waals surface area contributed by atoms with Crippen LogP contribution in [0.25, 0.3) is 0 Å². The minimum absolute atomic E-state index is 0.0182. The number of benzene rings is 2. The van der Waals surface area contributed by atoms with E-state index in [0.29, 0.717) is 49.1 Å². The Bertz CT molecular complexity index is 1030. The van der Waals surface area contributed by atoms with Crippen molar-refractivity contribution >= 4 is 23.2 Å². The smallest absolute Gasteiger partial charge is 0.269 e. The van der Waals surface area contributed by atoms with Crippen LogP contribution in [0.1, 0.15) is 36.0 Å². The molecule has 9 heteroatoms. The van der Waals surface area contributed by atoms with Crippen molar-refractivity contribution in [3.05, 3.63) is 64.2 Å². The number of rotatable bonds is 7. The summed E-state index contributed by atoms with van der Waals surface area (Å²) < 4.78 is 5.27. The number of amides is 2. The number of hydrogen-bond acceptors (Lipinski definition) is 6. The fraction of sp³-hybridized carbons (Fsp3) is 0.440. The third-order valence-electron chi connectivity index (χ3n) is 6.77. The summed E-state index contributed by atoms with van der Waals surface area (Å²) in [6.45, 7) is 2.22. The third-order valence-corrected chi connectivity index (χ3v) is 6.77. The molecule has 0 aromatic heterocycles. The first kappa shape index (κ1) is 23.7. The Labute approximate surface area is 198 Å². The standard InChI is InChI=1S/C25H30N4O5/c1-34-22-8-4-7-20(17-22)26-24(30)23(18-5-2-3-6-18)27-13-15-28(16-14-27)25(31)19-9-11-21(12-10-19)29(32)33/h4,7-12,17-18,23H,2-3,5-6,13-16H2,1H3,(H,26,30)/t23-/m1/s1. The van der Waals surface area contributed by atoms with E-state index in [9.17, 15) is 19.7 Å². The summed E-state index contributed by atoms with van der Waals surface area (Å²) in [5.74, 6) is 0.819. The molecule has 0 bridgehead atoms. The minimum atomic E-state index is -0.479. The van der Waals surface area contributed by atoms with Gasteiger partial charge in [-0.15, -0.1) is 0 Å². The fourth-order valence-corrected chi connectivity index (χ4v) is 4.98. The van der Waals surface area contributed by atoms with Gasteiger partial charge in [0.05, 0.1) is 18.1 Å². The quantitative estimate of drug-likeness (QED) is 0.494. The Hall–Kier alpha value is -3.46. The summed E-state index contributed by atoms with van der Waals surface area (Å²) in [4.78, 5) is 40.6. The number of carbonyl (C=O) groups excluding carboxylic acids is 2. The van der Waals surface area contributed by atoms with Crippen molar-refractivity contribution in [3.63, 3.8) is 0 Å². The van der Waals surface area contributed by atoms with Gasteiger partial charge in [-0.25, -0.2) is 0 Å². The van der Waals surface area contributed by atoms with Crippen LogP contribution in [0.2, 0.25) is 0 Å². The third kappa shape index (κ3) is 5.36. The second-order valence-corrected chi connectivity index (χ2v) is 8.84. The molecule has 0 unspecified atom stereocenters. The molecule has 4 rings (SSSR count). The van der Waals surface area contributed by atoms with E-state index < -0.39 is 4.92 Å². The number of ether oxygens (including phenoxy) is 1. The highest BCUT2D eigenvalue weighted by Crippen LogP contribution is 2.32. The Morgan fingerprint density at radius 2 is 1.74 bits per heavy atom. The number of non-ortho nitro benzene ring substituents is 1. The molecule has 9 nitrogen and oxygen atoms in total. The van der Waals surface area contributed by atoms with E-state index in [-0.39, 0.29) is 23.5 Å². The fourth-order valence-electron chi connectivity index (χ4n) is 4.98. The highest BCUT2D eigenvalue weighted by atomic mass is 16.6. The lowest BCUT2D eigenvalue weighted by Crippen LogP contribution is -2.56. The number of carbonyl (C=O) groups is 2. The molecule has 1 saturated carbocycles. The van der Waals surface area contributed by atoms with Gasteiger partial charge in [-0.1, -0.05) is 18.9 Å². The Balaban J connectivity index is 1.42. The van der Waals surface area contributed by atoms with Crippen molar-refractivity contribution in [3.8, 4) is 5.75 Å². The Morgan fingerprint density at radius 3 is 2.35 bits per heavy atom. The molecule has 2 aromatic rings. The molecular formula is C25H30N4O5. The van der Waals surface area contributed by atoms with Gasteiger partial charge in [0.25, 0.3) is 11.6 Å². The van der Waals surface area contributed by atoms with E-state index in [1.54, 1.807) is 12.0 Å². The predicted octanol–water partition coefficient (Wildman–Crippen LogP) is 3.56. The van der Waals surface area contributed by atoms with Crippen molar-refractivity contribution in [1.82, 2.24) is 9.80 Å². The van der Waals surface area contributed by atoms with Gasteiger partial charge in [-0.2, -0.15) is 0 Å². The molecule has 2 amide bonds. The second kappa shape index (κ2) is 10.6.